The summed E-state index contributed by atoms with van der Waals surface area (Å²) in [5.41, 5.74) is 1.91. The van der Waals surface area contributed by atoms with Crippen LogP contribution < -0.4 is 4.31 Å². The van der Waals surface area contributed by atoms with Gasteiger partial charge in [-0.25, -0.2) is 8.42 Å². The molecule has 3 nitrogen and oxygen atoms in total. The van der Waals surface area contributed by atoms with Crippen LogP contribution in [0, 0.1) is 6.92 Å². The number of hydrogen-bond donors (Lipinski definition) is 0. The lowest BCUT2D eigenvalue weighted by atomic mass is 9.94. The minimum atomic E-state index is -3.54. The number of anilines is 1. The molecule has 1 heterocycles. The maximum Gasteiger partial charge on any atom is 0.264 e. The van der Waals surface area contributed by atoms with Gasteiger partial charge in [0, 0.05) is 10.1 Å². The number of rotatable bonds is 2. The van der Waals surface area contributed by atoms with Gasteiger partial charge in [0.2, 0.25) is 0 Å². The summed E-state index contributed by atoms with van der Waals surface area (Å²) in [7, 11) is -3.54. The van der Waals surface area contributed by atoms with Gasteiger partial charge in [-0.2, -0.15) is 0 Å². The van der Waals surface area contributed by atoms with Crippen LogP contribution in [0.2, 0.25) is 0 Å². The first-order chi connectivity index (χ1) is 11.6. The van der Waals surface area contributed by atoms with Crippen LogP contribution >= 0.6 is 11.8 Å². The highest BCUT2D eigenvalue weighted by Gasteiger charge is 2.42. The Balaban J connectivity index is 1.85. The Bertz CT molecular complexity index is 846. The number of fused-ring (bicyclic) bond motifs is 2. The van der Waals surface area contributed by atoms with E-state index in [1.54, 1.807) is 16.4 Å². The molecule has 1 aliphatic heterocycles. The van der Waals surface area contributed by atoms with Crippen molar-refractivity contribution in [1.29, 1.82) is 0 Å². The van der Waals surface area contributed by atoms with Crippen LogP contribution in [0.3, 0.4) is 0 Å². The molecule has 1 saturated carbocycles. The lowest BCUT2D eigenvalue weighted by molar-refractivity contribution is 0.444. The van der Waals surface area contributed by atoms with Crippen LogP contribution in [0.4, 0.5) is 5.69 Å². The van der Waals surface area contributed by atoms with Gasteiger partial charge >= 0.3 is 0 Å². The molecule has 0 radical (unpaired) electrons. The Hall–Kier alpha value is -1.46. The molecule has 0 bridgehead atoms. The van der Waals surface area contributed by atoms with E-state index in [1.807, 2.05) is 55.1 Å². The summed E-state index contributed by atoms with van der Waals surface area (Å²) in [4.78, 5) is 1.47. The van der Waals surface area contributed by atoms with Crippen molar-refractivity contribution in [2.75, 3.05) is 4.31 Å². The third-order valence-corrected chi connectivity index (χ3v) is 8.23. The van der Waals surface area contributed by atoms with E-state index in [2.05, 4.69) is 0 Å². The van der Waals surface area contributed by atoms with Gasteiger partial charge in [0.1, 0.15) is 0 Å². The quantitative estimate of drug-likeness (QED) is 0.786. The molecule has 2 atom stereocenters. The summed E-state index contributed by atoms with van der Waals surface area (Å²) < 4.78 is 28.6. The maximum absolute atomic E-state index is 13.4. The minimum Gasteiger partial charge on any atom is -0.261 e. The predicted octanol–water partition coefficient (Wildman–Crippen LogP) is 4.61. The monoisotopic (exact) mass is 359 g/mol. The third kappa shape index (κ3) is 2.64. The van der Waals surface area contributed by atoms with Crippen molar-refractivity contribution >= 4 is 27.5 Å². The first kappa shape index (κ1) is 16.0. The van der Waals surface area contributed by atoms with Crippen LogP contribution in [0.15, 0.2) is 58.3 Å². The second kappa shape index (κ2) is 6.12. The molecule has 2 aromatic carbocycles. The van der Waals surface area contributed by atoms with Crippen molar-refractivity contribution in [3.63, 3.8) is 0 Å². The van der Waals surface area contributed by atoms with Gasteiger partial charge in [-0.15, -0.1) is 11.8 Å². The molecule has 4 rings (SSSR count). The van der Waals surface area contributed by atoms with E-state index in [1.165, 1.54) is 6.42 Å². The molecular weight excluding hydrogens is 338 g/mol. The Morgan fingerprint density at radius 2 is 1.71 bits per heavy atom. The van der Waals surface area contributed by atoms with Crippen LogP contribution in [0.1, 0.15) is 31.2 Å². The Kier molecular flexibility index (Phi) is 4.09. The normalized spacial score (nSPS) is 23.5. The van der Waals surface area contributed by atoms with E-state index in [0.29, 0.717) is 10.1 Å². The number of nitrogens with zero attached hydrogens (tertiary/aromatic N) is 1. The summed E-state index contributed by atoms with van der Waals surface area (Å²) in [6, 6.07) is 15.2. The largest absolute Gasteiger partial charge is 0.264 e. The topological polar surface area (TPSA) is 37.4 Å². The molecular formula is C19H21NO2S2. The number of para-hydroxylation sites is 1. The van der Waals surface area contributed by atoms with E-state index >= 15 is 0 Å². The summed E-state index contributed by atoms with van der Waals surface area (Å²) in [5, 5.41) is 0.355. The maximum atomic E-state index is 13.4. The van der Waals surface area contributed by atoms with E-state index in [9.17, 15) is 8.42 Å². The average Bonchev–Trinajstić information content (AvgIpc) is 2.59. The molecule has 5 heteroatoms. The minimum absolute atomic E-state index is 0.0601. The highest BCUT2D eigenvalue weighted by molar-refractivity contribution is 8.00. The van der Waals surface area contributed by atoms with Crippen LogP contribution in [0.25, 0.3) is 0 Å². The summed E-state index contributed by atoms with van der Waals surface area (Å²) in [6.45, 7) is 1.97. The Morgan fingerprint density at radius 1 is 1.00 bits per heavy atom. The van der Waals surface area contributed by atoms with E-state index in [4.69, 9.17) is 0 Å². The van der Waals surface area contributed by atoms with E-state index in [-0.39, 0.29) is 6.04 Å². The van der Waals surface area contributed by atoms with Gasteiger partial charge in [0.25, 0.3) is 10.0 Å². The number of thioether (sulfide) groups is 1. The fourth-order valence-electron chi connectivity index (χ4n) is 3.70. The zero-order valence-electron chi connectivity index (χ0n) is 13.7. The smallest absolute Gasteiger partial charge is 0.261 e. The number of benzene rings is 2. The Labute approximate surface area is 148 Å². The van der Waals surface area contributed by atoms with Crippen molar-refractivity contribution in [2.45, 2.75) is 53.7 Å². The first-order valence-electron chi connectivity index (χ1n) is 8.44. The highest BCUT2D eigenvalue weighted by atomic mass is 32.2. The van der Waals surface area contributed by atoms with Gasteiger partial charge in [-0.1, -0.05) is 42.7 Å². The fourth-order valence-corrected chi connectivity index (χ4v) is 7.03. The van der Waals surface area contributed by atoms with Crippen molar-refractivity contribution in [2.24, 2.45) is 0 Å². The van der Waals surface area contributed by atoms with Crippen molar-refractivity contribution in [1.82, 2.24) is 0 Å². The first-order valence-corrected chi connectivity index (χ1v) is 10.8. The van der Waals surface area contributed by atoms with Crippen LogP contribution in [0.5, 0.6) is 0 Å². The Morgan fingerprint density at radius 3 is 2.50 bits per heavy atom. The second-order valence-corrected chi connectivity index (χ2v) is 9.69. The zero-order valence-corrected chi connectivity index (χ0v) is 15.3. The van der Waals surface area contributed by atoms with Gasteiger partial charge in [0.05, 0.1) is 16.6 Å². The zero-order chi connectivity index (χ0) is 16.7. The highest BCUT2D eigenvalue weighted by Crippen LogP contribution is 2.48. The third-order valence-electron chi connectivity index (χ3n) is 4.93. The molecule has 0 saturated heterocycles. The fraction of sp³-hybridized carbons (Fsp3) is 0.368. The number of sulfonamides is 1. The molecule has 0 N–H and O–H groups in total. The number of hydrogen-bond acceptors (Lipinski definition) is 3. The van der Waals surface area contributed by atoms with Crippen molar-refractivity contribution < 1.29 is 8.42 Å². The second-order valence-electron chi connectivity index (χ2n) is 6.59. The molecule has 24 heavy (non-hydrogen) atoms. The molecule has 1 fully saturated rings. The summed E-state index contributed by atoms with van der Waals surface area (Å²) >= 11 is 1.85. The van der Waals surface area contributed by atoms with Crippen LogP contribution in [-0.2, 0) is 10.0 Å². The molecule has 1 aliphatic carbocycles. The lowest BCUT2D eigenvalue weighted by Crippen LogP contribution is -2.49. The van der Waals surface area contributed by atoms with Crippen LogP contribution in [-0.4, -0.2) is 19.7 Å². The van der Waals surface area contributed by atoms with Crippen molar-refractivity contribution in [3.05, 3.63) is 54.1 Å². The lowest BCUT2D eigenvalue weighted by Gasteiger charge is -2.44. The van der Waals surface area contributed by atoms with Crippen molar-refractivity contribution in [3.8, 4) is 0 Å². The van der Waals surface area contributed by atoms with Gasteiger partial charge in [-0.3, -0.25) is 4.31 Å². The molecule has 126 valence electrons. The summed E-state index contributed by atoms with van der Waals surface area (Å²) in [5.74, 6) is 0. The van der Waals surface area contributed by atoms with Gasteiger partial charge in [-0.05, 0) is 44.0 Å². The molecule has 0 spiro atoms. The molecule has 0 amide bonds. The molecule has 2 aromatic rings. The van der Waals surface area contributed by atoms with E-state index < -0.39 is 10.0 Å². The number of aryl methyl sites for hydroxylation is 1. The predicted molar refractivity (Wildman–Crippen MR) is 99.2 cm³/mol. The molecule has 2 aliphatic rings. The summed E-state index contributed by atoms with van der Waals surface area (Å²) in [6.07, 6.45) is 4.32. The molecule has 0 aromatic heterocycles. The SMILES string of the molecule is Cc1ccc(S(=O)(=O)N2c3ccccc3S[C@H]3CCCC[C@@H]32)cc1. The van der Waals surface area contributed by atoms with Gasteiger partial charge < -0.3 is 0 Å². The van der Waals surface area contributed by atoms with E-state index in [0.717, 1.165) is 35.4 Å². The average molecular weight is 360 g/mol. The standard InChI is InChI=1S/C19H21NO2S2/c1-14-10-12-15(13-11-14)24(21,22)20-16-6-2-4-8-18(16)23-19-9-5-3-7-17(19)20/h2,4,6,8,10-13,17,19H,3,5,7,9H2,1H3/t17-,19-/m0/s1. The van der Waals surface area contributed by atoms with Gasteiger partial charge in [0.15, 0.2) is 0 Å². The molecule has 0 unspecified atom stereocenters.